The molecule has 1 fully saturated rings. The molecule has 1 saturated heterocycles. The predicted octanol–water partition coefficient (Wildman–Crippen LogP) is 3.19. The minimum absolute atomic E-state index is 0.0369. The van der Waals surface area contributed by atoms with E-state index in [9.17, 15) is 19.5 Å². The highest BCUT2D eigenvalue weighted by atomic mass is 16.5. The Morgan fingerprint density at radius 3 is 2.22 bits per heavy atom. The molecular weight excluding hydrogens is 408 g/mol. The van der Waals surface area contributed by atoms with Crippen LogP contribution in [-0.4, -0.2) is 64.8 Å². The molecule has 2 aromatic rings. The zero-order chi connectivity index (χ0) is 23.1. The van der Waals surface area contributed by atoms with Gasteiger partial charge < -0.3 is 19.6 Å². The van der Waals surface area contributed by atoms with Crippen molar-refractivity contribution in [2.75, 3.05) is 26.2 Å². The standard InChI is InChI=1S/C25H30N2O5/c1-18-4-6-20(7-5-18)23(29)12-13-24(30)26-14-3-15-27(17-16-26)25(31)19(2)32-22-10-8-21(28)9-11-22/h4-11,19,28H,3,12-17H2,1-2H3. The molecule has 3 rings (SSSR count). The summed E-state index contributed by atoms with van der Waals surface area (Å²) in [6.07, 6.45) is 0.350. The first-order valence-corrected chi connectivity index (χ1v) is 11.0. The Bertz CT molecular complexity index is 940. The van der Waals surface area contributed by atoms with Gasteiger partial charge in [0.15, 0.2) is 11.9 Å². The van der Waals surface area contributed by atoms with Gasteiger partial charge in [-0.1, -0.05) is 29.8 Å². The van der Waals surface area contributed by atoms with E-state index in [2.05, 4.69) is 0 Å². The van der Waals surface area contributed by atoms with Crippen LogP contribution in [0.25, 0.3) is 0 Å². The molecule has 7 nitrogen and oxygen atoms in total. The Kier molecular flexibility index (Phi) is 7.87. The molecule has 1 atom stereocenters. The number of carbonyl (C=O) groups excluding carboxylic acids is 3. The molecule has 0 spiro atoms. The third-order valence-corrected chi connectivity index (χ3v) is 5.60. The molecule has 2 aromatic carbocycles. The molecule has 1 aliphatic heterocycles. The van der Waals surface area contributed by atoms with Gasteiger partial charge in [0.25, 0.3) is 5.91 Å². The van der Waals surface area contributed by atoms with Gasteiger partial charge in [-0.15, -0.1) is 0 Å². The lowest BCUT2D eigenvalue weighted by Gasteiger charge is -2.25. The van der Waals surface area contributed by atoms with Crippen molar-refractivity contribution < 1.29 is 24.2 Å². The van der Waals surface area contributed by atoms with Crippen LogP contribution in [0, 0.1) is 6.92 Å². The van der Waals surface area contributed by atoms with Crippen LogP contribution in [0.2, 0.25) is 0 Å². The number of hydrogen-bond donors (Lipinski definition) is 1. The summed E-state index contributed by atoms with van der Waals surface area (Å²) in [5, 5.41) is 9.36. The normalized spacial score (nSPS) is 15.1. The molecule has 0 aliphatic carbocycles. The first-order chi connectivity index (χ1) is 15.3. The second kappa shape index (κ2) is 10.8. The largest absolute Gasteiger partial charge is 0.508 e. The highest BCUT2D eigenvalue weighted by molar-refractivity contribution is 5.98. The van der Waals surface area contributed by atoms with E-state index in [4.69, 9.17) is 4.74 Å². The zero-order valence-electron chi connectivity index (χ0n) is 18.6. The van der Waals surface area contributed by atoms with E-state index in [-0.39, 0.29) is 36.2 Å². The van der Waals surface area contributed by atoms with Crippen molar-refractivity contribution in [1.29, 1.82) is 0 Å². The van der Waals surface area contributed by atoms with Gasteiger partial charge in [0.2, 0.25) is 5.91 Å². The molecule has 1 N–H and O–H groups in total. The lowest BCUT2D eigenvalue weighted by atomic mass is 10.0. The summed E-state index contributed by atoms with van der Waals surface area (Å²) in [6, 6.07) is 13.6. The van der Waals surface area contributed by atoms with Gasteiger partial charge in [-0.25, -0.2) is 0 Å². The van der Waals surface area contributed by atoms with E-state index in [1.165, 1.54) is 12.1 Å². The maximum Gasteiger partial charge on any atom is 0.263 e. The van der Waals surface area contributed by atoms with E-state index < -0.39 is 6.10 Å². The summed E-state index contributed by atoms with van der Waals surface area (Å²) in [4.78, 5) is 41.2. The topological polar surface area (TPSA) is 87.2 Å². The van der Waals surface area contributed by atoms with Crippen LogP contribution < -0.4 is 4.74 Å². The number of phenols is 1. The molecule has 1 unspecified atom stereocenters. The molecule has 32 heavy (non-hydrogen) atoms. The first kappa shape index (κ1) is 23.3. The van der Waals surface area contributed by atoms with Crippen molar-refractivity contribution in [1.82, 2.24) is 9.80 Å². The number of hydrogen-bond acceptors (Lipinski definition) is 5. The predicted molar refractivity (Wildman–Crippen MR) is 121 cm³/mol. The molecular formula is C25H30N2O5. The van der Waals surface area contributed by atoms with Crippen molar-refractivity contribution >= 4 is 17.6 Å². The van der Waals surface area contributed by atoms with Crippen LogP contribution in [0.1, 0.15) is 42.1 Å². The van der Waals surface area contributed by atoms with E-state index in [1.54, 1.807) is 41.0 Å². The molecule has 1 aliphatic rings. The smallest absolute Gasteiger partial charge is 0.263 e. The summed E-state index contributed by atoms with van der Waals surface area (Å²) in [5.41, 5.74) is 1.71. The highest BCUT2D eigenvalue weighted by Crippen LogP contribution is 2.18. The maximum atomic E-state index is 12.8. The zero-order valence-corrected chi connectivity index (χ0v) is 18.6. The first-order valence-electron chi connectivity index (χ1n) is 11.0. The van der Waals surface area contributed by atoms with Crippen molar-refractivity contribution in [2.45, 2.75) is 39.2 Å². The Labute approximate surface area is 188 Å². The number of phenolic OH excluding ortho intramolecular Hbond substituents is 1. The average Bonchev–Trinajstić information content (AvgIpc) is 3.05. The number of ketones is 1. The molecule has 0 saturated carbocycles. The van der Waals surface area contributed by atoms with Crippen LogP contribution in [0.15, 0.2) is 48.5 Å². The van der Waals surface area contributed by atoms with Crippen LogP contribution in [0.4, 0.5) is 0 Å². The van der Waals surface area contributed by atoms with Gasteiger partial charge >= 0.3 is 0 Å². The van der Waals surface area contributed by atoms with E-state index >= 15 is 0 Å². The monoisotopic (exact) mass is 438 g/mol. The molecule has 0 bridgehead atoms. The Balaban J connectivity index is 1.47. The van der Waals surface area contributed by atoms with Crippen LogP contribution in [-0.2, 0) is 9.59 Å². The number of aryl methyl sites for hydroxylation is 1. The fraction of sp³-hybridized carbons (Fsp3) is 0.400. The van der Waals surface area contributed by atoms with E-state index in [0.717, 1.165) is 5.56 Å². The van der Waals surface area contributed by atoms with Gasteiger partial charge in [-0.05, 0) is 44.5 Å². The minimum Gasteiger partial charge on any atom is -0.508 e. The third kappa shape index (κ3) is 6.33. The van der Waals surface area contributed by atoms with Crippen molar-refractivity contribution in [3.05, 3.63) is 59.7 Å². The number of carbonyl (C=O) groups is 3. The second-order valence-electron chi connectivity index (χ2n) is 8.10. The summed E-state index contributed by atoms with van der Waals surface area (Å²) in [5.74, 6) is 0.406. The molecule has 1 heterocycles. The Hall–Kier alpha value is -3.35. The average molecular weight is 439 g/mol. The fourth-order valence-electron chi connectivity index (χ4n) is 3.69. The van der Waals surface area contributed by atoms with Gasteiger partial charge in [-0.2, -0.15) is 0 Å². The highest BCUT2D eigenvalue weighted by Gasteiger charge is 2.26. The van der Waals surface area contributed by atoms with Gasteiger partial charge in [0, 0.05) is 44.6 Å². The molecule has 2 amide bonds. The SMILES string of the molecule is Cc1ccc(C(=O)CCC(=O)N2CCCN(C(=O)C(C)Oc3ccc(O)cc3)CC2)cc1. The Morgan fingerprint density at radius 1 is 0.906 bits per heavy atom. The van der Waals surface area contributed by atoms with Gasteiger partial charge in [0.05, 0.1) is 0 Å². The number of benzene rings is 2. The fourth-order valence-corrected chi connectivity index (χ4v) is 3.69. The molecule has 170 valence electrons. The molecule has 0 aromatic heterocycles. The maximum absolute atomic E-state index is 12.8. The lowest BCUT2D eigenvalue weighted by molar-refractivity contribution is -0.138. The number of Topliss-reactive ketones (excluding diaryl/α,β-unsaturated/α-hetero) is 1. The quantitative estimate of drug-likeness (QED) is 0.671. The number of amides is 2. The van der Waals surface area contributed by atoms with Crippen LogP contribution >= 0.6 is 0 Å². The van der Waals surface area contributed by atoms with Gasteiger partial charge in [0.1, 0.15) is 11.5 Å². The number of aromatic hydroxyl groups is 1. The van der Waals surface area contributed by atoms with E-state index in [1.807, 2.05) is 19.1 Å². The van der Waals surface area contributed by atoms with Gasteiger partial charge in [-0.3, -0.25) is 14.4 Å². The Morgan fingerprint density at radius 2 is 1.53 bits per heavy atom. The molecule has 0 radical (unpaired) electrons. The van der Waals surface area contributed by atoms with Crippen LogP contribution in [0.3, 0.4) is 0 Å². The summed E-state index contributed by atoms with van der Waals surface area (Å²) in [6.45, 7) is 5.64. The molecule has 7 heteroatoms. The minimum atomic E-state index is -0.672. The number of rotatable bonds is 7. The summed E-state index contributed by atoms with van der Waals surface area (Å²) >= 11 is 0. The van der Waals surface area contributed by atoms with Crippen molar-refractivity contribution in [2.24, 2.45) is 0 Å². The number of ether oxygens (including phenoxy) is 1. The van der Waals surface area contributed by atoms with Crippen molar-refractivity contribution in [3.63, 3.8) is 0 Å². The van der Waals surface area contributed by atoms with Crippen molar-refractivity contribution in [3.8, 4) is 11.5 Å². The third-order valence-electron chi connectivity index (χ3n) is 5.60. The van der Waals surface area contributed by atoms with E-state index in [0.29, 0.717) is 43.9 Å². The second-order valence-corrected chi connectivity index (χ2v) is 8.10. The van der Waals surface area contributed by atoms with Crippen LogP contribution in [0.5, 0.6) is 11.5 Å². The lowest BCUT2D eigenvalue weighted by Crippen LogP contribution is -2.43. The summed E-state index contributed by atoms with van der Waals surface area (Å²) < 4.78 is 5.69. The number of nitrogens with zero attached hydrogens (tertiary/aromatic N) is 2. The summed E-state index contributed by atoms with van der Waals surface area (Å²) in [7, 11) is 0.